The van der Waals surface area contributed by atoms with Crippen LogP contribution in [-0.4, -0.2) is 21.4 Å². The number of rotatable bonds is 10. The highest BCUT2D eigenvalue weighted by Crippen LogP contribution is 2.24. The fourth-order valence-electron chi connectivity index (χ4n) is 2.27. The molecule has 0 fully saturated rings. The van der Waals surface area contributed by atoms with Gasteiger partial charge in [-0.05, 0) is 50.4 Å². The molecule has 2 nitrogen and oxygen atoms in total. The molecule has 0 rings (SSSR count). The van der Waals surface area contributed by atoms with E-state index in [2.05, 4.69) is 39.5 Å². The Bertz CT molecular complexity index is 322. The fourth-order valence-corrected chi connectivity index (χ4v) is 2.27. The minimum absolute atomic E-state index is 0.607. The van der Waals surface area contributed by atoms with Crippen LogP contribution in [0.3, 0.4) is 0 Å². The third-order valence-electron chi connectivity index (χ3n) is 5.19. The van der Waals surface area contributed by atoms with Gasteiger partial charge in [-0.3, -0.25) is 0 Å². The summed E-state index contributed by atoms with van der Waals surface area (Å²) in [4.78, 5) is 0. The molecule has 0 amide bonds. The van der Waals surface area contributed by atoms with Crippen molar-refractivity contribution in [3.8, 4) is 11.8 Å². The van der Waals surface area contributed by atoms with Crippen molar-refractivity contribution in [1.29, 1.82) is 0 Å². The second-order valence-electron chi connectivity index (χ2n) is 7.12. The summed E-state index contributed by atoms with van der Waals surface area (Å²) in [5.41, 5.74) is -1.91. The van der Waals surface area contributed by atoms with Crippen molar-refractivity contribution in [1.82, 2.24) is 0 Å². The summed E-state index contributed by atoms with van der Waals surface area (Å²) in [7, 11) is 0. The van der Waals surface area contributed by atoms with E-state index in [1.165, 1.54) is 0 Å². The van der Waals surface area contributed by atoms with Crippen LogP contribution in [0.5, 0.6) is 0 Å². The van der Waals surface area contributed by atoms with Crippen LogP contribution < -0.4 is 0 Å². The van der Waals surface area contributed by atoms with Crippen molar-refractivity contribution in [2.75, 3.05) is 0 Å². The zero-order valence-electron chi connectivity index (χ0n) is 15.7. The molecule has 0 saturated carbocycles. The van der Waals surface area contributed by atoms with Gasteiger partial charge < -0.3 is 10.2 Å². The van der Waals surface area contributed by atoms with Gasteiger partial charge in [-0.2, -0.15) is 0 Å². The highest BCUT2D eigenvalue weighted by atomic mass is 16.3. The van der Waals surface area contributed by atoms with E-state index in [-0.39, 0.29) is 0 Å². The smallest absolute Gasteiger partial charge is 0.125 e. The summed E-state index contributed by atoms with van der Waals surface area (Å²) >= 11 is 0. The molecule has 2 heteroatoms. The molecule has 0 bridgehead atoms. The average Bonchev–Trinajstić information content (AvgIpc) is 2.55. The van der Waals surface area contributed by atoms with E-state index in [9.17, 15) is 10.2 Å². The largest absolute Gasteiger partial charge is 0.378 e. The van der Waals surface area contributed by atoms with E-state index in [4.69, 9.17) is 0 Å². The highest BCUT2D eigenvalue weighted by Gasteiger charge is 2.26. The molecular weight excluding hydrogens is 272 g/mol. The first-order valence-electron chi connectivity index (χ1n) is 9.23. The lowest BCUT2D eigenvalue weighted by Gasteiger charge is -2.25. The molecule has 4 unspecified atom stereocenters. The zero-order chi connectivity index (χ0) is 17.2. The monoisotopic (exact) mass is 310 g/mol. The van der Waals surface area contributed by atoms with Gasteiger partial charge in [-0.15, -0.1) is 0 Å². The Morgan fingerprint density at radius 3 is 1.27 bits per heavy atom. The van der Waals surface area contributed by atoms with Gasteiger partial charge in [0.15, 0.2) is 0 Å². The molecule has 2 N–H and O–H groups in total. The molecule has 0 radical (unpaired) electrons. The van der Waals surface area contributed by atoms with Crippen LogP contribution >= 0.6 is 0 Å². The molecule has 0 aromatic heterocycles. The maximum Gasteiger partial charge on any atom is 0.125 e. The van der Waals surface area contributed by atoms with Gasteiger partial charge in [0.1, 0.15) is 11.2 Å². The molecule has 22 heavy (non-hydrogen) atoms. The molecule has 0 saturated heterocycles. The van der Waals surface area contributed by atoms with Crippen molar-refractivity contribution in [3.63, 3.8) is 0 Å². The van der Waals surface area contributed by atoms with Crippen LogP contribution in [0.4, 0.5) is 0 Å². The Morgan fingerprint density at radius 1 is 0.727 bits per heavy atom. The van der Waals surface area contributed by atoms with E-state index >= 15 is 0 Å². The first-order chi connectivity index (χ1) is 10.2. The summed E-state index contributed by atoms with van der Waals surface area (Å²) < 4.78 is 0. The van der Waals surface area contributed by atoms with Gasteiger partial charge in [0.25, 0.3) is 0 Å². The second-order valence-corrected chi connectivity index (χ2v) is 7.12. The maximum atomic E-state index is 10.7. The molecule has 130 valence electrons. The molecule has 0 aliphatic rings. The molecule has 0 aliphatic heterocycles. The van der Waals surface area contributed by atoms with Gasteiger partial charge in [-0.25, -0.2) is 0 Å². The lowest BCUT2D eigenvalue weighted by atomic mass is 9.87. The maximum absolute atomic E-state index is 10.7. The molecule has 0 aliphatic carbocycles. The normalized spacial score (nSPS) is 19.5. The predicted molar refractivity (Wildman–Crippen MR) is 95.6 cm³/mol. The predicted octanol–water partition coefficient (Wildman–Crippen LogP) is 4.92. The van der Waals surface area contributed by atoms with E-state index in [0.717, 1.165) is 25.7 Å². The molecule has 4 atom stereocenters. The van der Waals surface area contributed by atoms with Crippen molar-refractivity contribution < 1.29 is 10.2 Å². The SMILES string of the molecule is CCC(C)CCC(O)(C#CC(O)(CC)CCC(C)CC)CC. The topological polar surface area (TPSA) is 40.5 Å². The van der Waals surface area contributed by atoms with Crippen molar-refractivity contribution in [2.45, 2.75) is 104 Å². The van der Waals surface area contributed by atoms with Crippen LogP contribution in [0, 0.1) is 23.7 Å². The molecule has 0 aromatic carbocycles. The van der Waals surface area contributed by atoms with E-state index in [1.54, 1.807) is 0 Å². The third-order valence-corrected chi connectivity index (χ3v) is 5.19. The van der Waals surface area contributed by atoms with Crippen molar-refractivity contribution >= 4 is 0 Å². The first-order valence-corrected chi connectivity index (χ1v) is 9.23. The molecule has 0 heterocycles. The first kappa shape index (κ1) is 21.5. The quantitative estimate of drug-likeness (QED) is 0.562. The second kappa shape index (κ2) is 10.3. The van der Waals surface area contributed by atoms with Crippen LogP contribution in [0.1, 0.15) is 92.9 Å². The van der Waals surface area contributed by atoms with E-state index < -0.39 is 11.2 Å². The van der Waals surface area contributed by atoms with Gasteiger partial charge in [0.2, 0.25) is 0 Å². The Morgan fingerprint density at radius 2 is 1.05 bits per heavy atom. The summed E-state index contributed by atoms with van der Waals surface area (Å²) in [5, 5.41) is 21.3. The Labute approximate surface area is 138 Å². The van der Waals surface area contributed by atoms with Gasteiger partial charge in [0.05, 0.1) is 0 Å². The molecule has 0 spiro atoms. The Kier molecular flexibility index (Phi) is 10.0. The summed E-state index contributed by atoms with van der Waals surface area (Å²) in [6.45, 7) is 12.7. The van der Waals surface area contributed by atoms with Crippen molar-refractivity contribution in [3.05, 3.63) is 0 Å². The summed E-state index contributed by atoms with van der Waals surface area (Å²) in [6, 6.07) is 0. The van der Waals surface area contributed by atoms with E-state index in [0.29, 0.717) is 37.5 Å². The van der Waals surface area contributed by atoms with Gasteiger partial charge in [-0.1, -0.05) is 66.2 Å². The standard InChI is InChI=1S/C20H38O2/c1-7-17(5)11-13-19(21,9-3)15-16-20(22,10-4)14-12-18(6)8-2/h17-18,21-22H,7-14H2,1-6H3. The summed E-state index contributed by atoms with van der Waals surface area (Å²) in [6.07, 6.45) is 6.82. The minimum Gasteiger partial charge on any atom is -0.378 e. The molecule has 0 aromatic rings. The van der Waals surface area contributed by atoms with E-state index in [1.807, 2.05) is 13.8 Å². The lowest BCUT2D eigenvalue weighted by Crippen LogP contribution is -2.30. The fraction of sp³-hybridized carbons (Fsp3) is 0.900. The number of hydrogen-bond donors (Lipinski definition) is 2. The third kappa shape index (κ3) is 8.20. The lowest BCUT2D eigenvalue weighted by molar-refractivity contribution is 0.0690. The number of hydrogen-bond acceptors (Lipinski definition) is 2. The van der Waals surface area contributed by atoms with Gasteiger partial charge >= 0.3 is 0 Å². The number of aliphatic hydroxyl groups is 2. The Balaban J connectivity index is 4.84. The molecular formula is C20H38O2. The minimum atomic E-state index is -0.955. The van der Waals surface area contributed by atoms with Gasteiger partial charge in [0, 0.05) is 0 Å². The highest BCUT2D eigenvalue weighted by molar-refractivity contribution is 5.21. The van der Waals surface area contributed by atoms with Crippen LogP contribution in [0.15, 0.2) is 0 Å². The van der Waals surface area contributed by atoms with Crippen LogP contribution in [-0.2, 0) is 0 Å². The zero-order valence-corrected chi connectivity index (χ0v) is 15.7. The van der Waals surface area contributed by atoms with Crippen molar-refractivity contribution in [2.24, 2.45) is 11.8 Å². The summed E-state index contributed by atoms with van der Waals surface area (Å²) in [5.74, 6) is 7.24. The van der Waals surface area contributed by atoms with Crippen LogP contribution in [0.2, 0.25) is 0 Å². The Hall–Kier alpha value is -0.520. The van der Waals surface area contributed by atoms with Crippen LogP contribution in [0.25, 0.3) is 0 Å². The average molecular weight is 311 g/mol.